The quantitative estimate of drug-likeness (QED) is 0.852. The minimum atomic E-state index is -0.0765. The van der Waals surface area contributed by atoms with E-state index in [9.17, 15) is 4.79 Å². The summed E-state index contributed by atoms with van der Waals surface area (Å²) < 4.78 is 5.39. The van der Waals surface area contributed by atoms with Crippen molar-refractivity contribution in [1.29, 1.82) is 0 Å². The predicted octanol–water partition coefficient (Wildman–Crippen LogP) is 1.55. The molecule has 0 spiro atoms. The van der Waals surface area contributed by atoms with Crippen molar-refractivity contribution in [1.82, 2.24) is 10.6 Å². The van der Waals surface area contributed by atoms with E-state index in [4.69, 9.17) is 4.74 Å². The van der Waals surface area contributed by atoms with E-state index >= 15 is 0 Å². The molecule has 0 saturated carbocycles. The third-order valence-corrected chi connectivity index (χ3v) is 4.27. The zero-order chi connectivity index (χ0) is 13.0. The lowest BCUT2D eigenvalue weighted by Gasteiger charge is -2.20. The monoisotopic (exact) mass is 268 g/mol. The van der Waals surface area contributed by atoms with Gasteiger partial charge in [0, 0.05) is 10.9 Å². The first-order valence-electron chi connectivity index (χ1n) is 6.37. The Morgan fingerprint density at radius 1 is 1.61 bits per heavy atom. The minimum absolute atomic E-state index is 0.0698. The Kier molecular flexibility index (Phi) is 4.74. The normalized spacial score (nSPS) is 25.0. The zero-order valence-corrected chi connectivity index (χ0v) is 11.6. The van der Waals surface area contributed by atoms with Crippen molar-refractivity contribution in [2.45, 2.75) is 25.9 Å². The fraction of sp³-hybridized carbons (Fsp3) is 0.615. The van der Waals surface area contributed by atoms with Gasteiger partial charge in [0.25, 0.3) is 0 Å². The van der Waals surface area contributed by atoms with E-state index in [1.54, 1.807) is 11.3 Å². The van der Waals surface area contributed by atoms with Crippen LogP contribution in [0.3, 0.4) is 0 Å². The summed E-state index contributed by atoms with van der Waals surface area (Å²) >= 11 is 1.67. The van der Waals surface area contributed by atoms with E-state index in [2.05, 4.69) is 10.6 Å². The summed E-state index contributed by atoms with van der Waals surface area (Å²) in [5.41, 5.74) is 0. The van der Waals surface area contributed by atoms with Crippen molar-refractivity contribution in [3.8, 4) is 0 Å². The molecule has 0 aliphatic carbocycles. The number of hydrogen-bond donors (Lipinski definition) is 2. The molecule has 4 nitrogen and oxygen atoms in total. The molecule has 1 aromatic heterocycles. The number of carbonyl (C=O) groups excluding carboxylic acids is 1. The fourth-order valence-corrected chi connectivity index (χ4v) is 2.94. The van der Waals surface area contributed by atoms with Crippen molar-refractivity contribution in [2.75, 3.05) is 19.8 Å². The van der Waals surface area contributed by atoms with E-state index in [1.165, 1.54) is 4.88 Å². The lowest BCUT2D eigenvalue weighted by molar-refractivity contribution is -0.126. The van der Waals surface area contributed by atoms with E-state index in [0.717, 1.165) is 6.54 Å². The molecule has 1 aliphatic heterocycles. The van der Waals surface area contributed by atoms with Gasteiger partial charge in [0.2, 0.25) is 5.91 Å². The highest BCUT2D eigenvalue weighted by Crippen LogP contribution is 2.20. The summed E-state index contributed by atoms with van der Waals surface area (Å²) in [6.45, 7) is 6.06. The van der Waals surface area contributed by atoms with Crippen molar-refractivity contribution < 1.29 is 9.53 Å². The Morgan fingerprint density at radius 2 is 2.44 bits per heavy atom. The Morgan fingerprint density at radius 3 is 3.11 bits per heavy atom. The van der Waals surface area contributed by atoms with E-state index in [0.29, 0.717) is 13.2 Å². The number of thiophene rings is 1. The van der Waals surface area contributed by atoms with Crippen LogP contribution in [-0.4, -0.2) is 31.7 Å². The molecule has 0 bridgehead atoms. The zero-order valence-electron chi connectivity index (χ0n) is 10.8. The largest absolute Gasteiger partial charge is 0.379 e. The maximum atomic E-state index is 12.2. The highest BCUT2D eigenvalue weighted by molar-refractivity contribution is 7.10. The third kappa shape index (κ3) is 3.10. The molecule has 2 rings (SSSR count). The number of nitrogens with one attached hydrogen (secondary N) is 2. The molecule has 0 radical (unpaired) electrons. The van der Waals surface area contributed by atoms with Gasteiger partial charge in [0.05, 0.1) is 25.2 Å². The first-order chi connectivity index (χ1) is 8.72. The predicted molar refractivity (Wildman–Crippen MR) is 72.7 cm³/mol. The molecule has 3 atom stereocenters. The molecular weight excluding hydrogens is 248 g/mol. The van der Waals surface area contributed by atoms with Crippen LogP contribution >= 0.6 is 11.3 Å². The molecule has 100 valence electrons. The number of carbonyl (C=O) groups is 1. The molecule has 1 saturated heterocycles. The number of ether oxygens (including phenoxy) is 1. The summed E-state index contributed by atoms with van der Waals surface area (Å²) in [5, 5.41) is 8.39. The number of hydrogen-bond acceptors (Lipinski definition) is 4. The van der Waals surface area contributed by atoms with Gasteiger partial charge in [-0.15, -0.1) is 11.3 Å². The standard InChI is InChI=1S/C13H20N2O2S/c1-3-14-11-8-17-7-10(11)13(16)15-9(2)12-5-4-6-18-12/h4-6,9-11,14H,3,7-8H2,1-2H3,(H,15,16)/t9-,10?,11?/m1/s1. The van der Waals surface area contributed by atoms with Crippen LogP contribution in [0.4, 0.5) is 0 Å². The van der Waals surface area contributed by atoms with Crippen molar-refractivity contribution >= 4 is 17.2 Å². The average Bonchev–Trinajstić information content (AvgIpc) is 3.00. The molecule has 5 heteroatoms. The van der Waals surface area contributed by atoms with Gasteiger partial charge in [0.15, 0.2) is 0 Å². The molecule has 18 heavy (non-hydrogen) atoms. The number of amides is 1. The van der Waals surface area contributed by atoms with Crippen LogP contribution in [0.1, 0.15) is 24.8 Å². The second kappa shape index (κ2) is 6.31. The van der Waals surface area contributed by atoms with Crippen LogP contribution in [0.2, 0.25) is 0 Å². The molecule has 1 fully saturated rings. The van der Waals surface area contributed by atoms with Gasteiger partial charge < -0.3 is 15.4 Å². The van der Waals surface area contributed by atoms with Gasteiger partial charge >= 0.3 is 0 Å². The topological polar surface area (TPSA) is 50.4 Å². The highest BCUT2D eigenvalue weighted by Gasteiger charge is 2.33. The van der Waals surface area contributed by atoms with Crippen LogP contribution in [0.5, 0.6) is 0 Å². The van der Waals surface area contributed by atoms with E-state index < -0.39 is 0 Å². The smallest absolute Gasteiger partial charge is 0.227 e. The molecule has 2 N–H and O–H groups in total. The Hall–Kier alpha value is -0.910. The SMILES string of the molecule is CCNC1COCC1C(=O)N[C@H](C)c1cccs1. The van der Waals surface area contributed by atoms with Crippen molar-refractivity contribution in [2.24, 2.45) is 5.92 Å². The average molecular weight is 268 g/mol. The van der Waals surface area contributed by atoms with Gasteiger partial charge in [-0.25, -0.2) is 0 Å². The maximum Gasteiger partial charge on any atom is 0.227 e. The summed E-state index contributed by atoms with van der Waals surface area (Å²) in [6.07, 6.45) is 0. The summed E-state index contributed by atoms with van der Waals surface area (Å²) in [4.78, 5) is 13.4. The molecule has 2 heterocycles. The summed E-state index contributed by atoms with van der Waals surface area (Å²) in [5.74, 6) is 0.00622. The lowest BCUT2D eigenvalue weighted by Crippen LogP contribution is -2.44. The number of rotatable bonds is 5. The number of likely N-dealkylation sites (N-methyl/N-ethyl adjacent to an activating group) is 1. The van der Waals surface area contributed by atoms with Crippen molar-refractivity contribution in [3.05, 3.63) is 22.4 Å². The van der Waals surface area contributed by atoms with Gasteiger partial charge in [-0.3, -0.25) is 4.79 Å². The van der Waals surface area contributed by atoms with Crippen LogP contribution in [0, 0.1) is 5.92 Å². The first-order valence-corrected chi connectivity index (χ1v) is 7.25. The van der Waals surface area contributed by atoms with Gasteiger partial charge in [-0.2, -0.15) is 0 Å². The molecule has 1 aromatic rings. The van der Waals surface area contributed by atoms with E-state index in [1.807, 2.05) is 31.4 Å². The van der Waals surface area contributed by atoms with Gasteiger partial charge in [0.1, 0.15) is 0 Å². The third-order valence-electron chi connectivity index (χ3n) is 3.21. The van der Waals surface area contributed by atoms with Gasteiger partial charge in [-0.1, -0.05) is 13.0 Å². The van der Waals surface area contributed by atoms with Crippen LogP contribution in [0.25, 0.3) is 0 Å². The highest BCUT2D eigenvalue weighted by atomic mass is 32.1. The Bertz CT molecular complexity index is 380. The first kappa shape index (κ1) is 13.5. The fourth-order valence-electron chi connectivity index (χ4n) is 2.21. The van der Waals surface area contributed by atoms with Crippen LogP contribution in [0.15, 0.2) is 17.5 Å². The van der Waals surface area contributed by atoms with Crippen molar-refractivity contribution in [3.63, 3.8) is 0 Å². The molecule has 1 amide bonds. The van der Waals surface area contributed by atoms with E-state index in [-0.39, 0.29) is 23.9 Å². The molecule has 1 aliphatic rings. The minimum Gasteiger partial charge on any atom is -0.379 e. The van der Waals surface area contributed by atoms with Crippen LogP contribution < -0.4 is 10.6 Å². The Labute approximate surface area is 112 Å². The second-order valence-electron chi connectivity index (χ2n) is 4.55. The maximum absolute atomic E-state index is 12.2. The summed E-state index contributed by atoms with van der Waals surface area (Å²) in [6, 6.07) is 4.26. The van der Waals surface area contributed by atoms with Gasteiger partial charge in [-0.05, 0) is 24.9 Å². The molecule has 2 unspecified atom stereocenters. The van der Waals surface area contributed by atoms with Crippen LogP contribution in [-0.2, 0) is 9.53 Å². The molecule has 0 aromatic carbocycles. The lowest BCUT2D eigenvalue weighted by atomic mass is 10.0. The Balaban J connectivity index is 1.91. The second-order valence-corrected chi connectivity index (χ2v) is 5.53. The summed E-state index contributed by atoms with van der Waals surface area (Å²) in [7, 11) is 0. The molecular formula is C13H20N2O2S.